The van der Waals surface area contributed by atoms with E-state index < -0.39 is 6.10 Å². The molecule has 1 aromatic rings. The zero-order chi connectivity index (χ0) is 14.3. The Labute approximate surface area is 117 Å². The molecule has 19 heavy (non-hydrogen) atoms. The molecule has 0 fully saturated rings. The van der Waals surface area contributed by atoms with Gasteiger partial charge in [-0.05, 0) is 23.5 Å². The molecule has 0 aliphatic rings. The third-order valence-corrected chi connectivity index (χ3v) is 3.45. The summed E-state index contributed by atoms with van der Waals surface area (Å²) < 4.78 is 5.13. The van der Waals surface area contributed by atoms with Gasteiger partial charge in [0.2, 0.25) is 0 Å². The molecule has 3 heteroatoms. The Morgan fingerprint density at radius 3 is 2.21 bits per heavy atom. The van der Waals surface area contributed by atoms with Gasteiger partial charge in [0, 0.05) is 19.7 Å². The fourth-order valence-electron chi connectivity index (χ4n) is 2.02. The van der Waals surface area contributed by atoms with E-state index in [0.29, 0.717) is 25.1 Å². The van der Waals surface area contributed by atoms with Crippen LogP contribution < -0.4 is 5.32 Å². The summed E-state index contributed by atoms with van der Waals surface area (Å²) in [5, 5.41) is 13.5. The lowest BCUT2D eigenvalue weighted by molar-refractivity contribution is 0.137. The van der Waals surface area contributed by atoms with Crippen LogP contribution in [-0.2, 0) is 4.74 Å². The number of hydrogen-bond donors (Lipinski definition) is 2. The van der Waals surface area contributed by atoms with Crippen LogP contribution >= 0.6 is 0 Å². The van der Waals surface area contributed by atoms with E-state index in [0.717, 1.165) is 12.0 Å². The third kappa shape index (κ3) is 5.31. The number of rotatable bonds is 8. The van der Waals surface area contributed by atoms with E-state index in [4.69, 9.17) is 4.74 Å². The van der Waals surface area contributed by atoms with Gasteiger partial charge >= 0.3 is 0 Å². The molecule has 0 saturated carbocycles. The Morgan fingerprint density at radius 1 is 1.16 bits per heavy atom. The van der Waals surface area contributed by atoms with E-state index in [1.165, 1.54) is 5.56 Å². The molecule has 0 bridgehead atoms. The highest BCUT2D eigenvalue weighted by molar-refractivity contribution is 5.26. The second-order valence-electron chi connectivity index (χ2n) is 5.31. The largest absolute Gasteiger partial charge is 0.387 e. The van der Waals surface area contributed by atoms with E-state index in [-0.39, 0.29) is 0 Å². The van der Waals surface area contributed by atoms with Gasteiger partial charge < -0.3 is 15.2 Å². The first kappa shape index (κ1) is 16.2. The lowest BCUT2D eigenvalue weighted by Crippen LogP contribution is -2.35. The monoisotopic (exact) mass is 265 g/mol. The molecule has 0 amide bonds. The van der Waals surface area contributed by atoms with E-state index in [1.54, 1.807) is 7.11 Å². The zero-order valence-corrected chi connectivity index (χ0v) is 12.5. The van der Waals surface area contributed by atoms with Crippen molar-refractivity contribution in [3.8, 4) is 0 Å². The van der Waals surface area contributed by atoms with Crippen LogP contribution in [0.2, 0.25) is 0 Å². The molecule has 2 unspecified atom stereocenters. The minimum atomic E-state index is -0.466. The highest BCUT2D eigenvalue weighted by Crippen LogP contribution is 2.18. The first-order valence-corrected chi connectivity index (χ1v) is 7.08. The van der Waals surface area contributed by atoms with Crippen molar-refractivity contribution < 1.29 is 9.84 Å². The molecule has 108 valence electrons. The summed E-state index contributed by atoms with van der Waals surface area (Å²) in [6.45, 7) is 7.69. The van der Waals surface area contributed by atoms with Crippen molar-refractivity contribution in [2.45, 2.75) is 45.3 Å². The van der Waals surface area contributed by atoms with Crippen molar-refractivity contribution in [2.75, 3.05) is 20.3 Å². The average Bonchev–Trinajstić information content (AvgIpc) is 2.43. The lowest BCUT2D eigenvalue weighted by atomic mass is 10.00. The van der Waals surface area contributed by atoms with Crippen LogP contribution in [-0.4, -0.2) is 31.4 Å². The van der Waals surface area contributed by atoms with Gasteiger partial charge in [-0.1, -0.05) is 45.0 Å². The standard InChI is InChI=1S/C16H27NO2/c1-5-15(11-19-4)17-10-16(18)14-8-6-13(7-9-14)12(2)3/h6-9,12,15-18H,5,10-11H2,1-4H3. The molecule has 1 aromatic carbocycles. The lowest BCUT2D eigenvalue weighted by Gasteiger charge is -2.19. The second-order valence-corrected chi connectivity index (χ2v) is 5.31. The van der Waals surface area contributed by atoms with Crippen LogP contribution in [0.15, 0.2) is 24.3 Å². The van der Waals surface area contributed by atoms with E-state index in [2.05, 4.69) is 38.2 Å². The molecule has 0 saturated heterocycles. The molecule has 1 rings (SSSR count). The topological polar surface area (TPSA) is 41.5 Å². The van der Waals surface area contributed by atoms with Crippen molar-refractivity contribution in [3.05, 3.63) is 35.4 Å². The fraction of sp³-hybridized carbons (Fsp3) is 0.625. The van der Waals surface area contributed by atoms with Gasteiger partial charge in [-0.15, -0.1) is 0 Å². The SMILES string of the molecule is CCC(COC)NCC(O)c1ccc(C(C)C)cc1. The average molecular weight is 265 g/mol. The van der Waals surface area contributed by atoms with Crippen molar-refractivity contribution >= 4 is 0 Å². The molecule has 0 aliphatic carbocycles. The van der Waals surface area contributed by atoms with Crippen molar-refractivity contribution in [1.29, 1.82) is 0 Å². The first-order chi connectivity index (χ1) is 9.08. The summed E-state index contributed by atoms with van der Waals surface area (Å²) in [6.07, 6.45) is 0.527. The van der Waals surface area contributed by atoms with Gasteiger partial charge in [0.05, 0.1) is 12.7 Å². The molecule has 2 atom stereocenters. The van der Waals surface area contributed by atoms with Gasteiger partial charge in [0.1, 0.15) is 0 Å². The highest BCUT2D eigenvalue weighted by Gasteiger charge is 2.11. The van der Waals surface area contributed by atoms with E-state index in [9.17, 15) is 5.11 Å². The van der Waals surface area contributed by atoms with Gasteiger partial charge in [-0.25, -0.2) is 0 Å². The minimum absolute atomic E-state index is 0.301. The second kappa shape index (κ2) is 8.31. The summed E-state index contributed by atoms with van der Waals surface area (Å²) >= 11 is 0. The van der Waals surface area contributed by atoms with Crippen LogP contribution in [0.5, 0.6) is 0 Å². The number of methoxy groups -OCH3 is 1. The van der Waals surface area contributed by atoms with Crippen LogP contribution in [0.1, 0.15) is 50.3 Å². The van der Waals surface area contributed by atoms with Gasteiger partial charge in [0.15, 0.2) is 0 Å². The first-order valence-electron chi connectivity index (χ1n) is 7.08. The summed E-state index contributed by atoms with van der Waals surface area (Å²) in [5.74, 6) is 0.524. The fourth-order valence-corrected chi connectivity index (χ4v) is 2.02. The summed E-state index contributed by atoms with van der Waals surface area (Å²) in [7, 11) is 1.70. The Kier molecular flexibility index (Phi) is 7.06. The normalized spacial score (nSPS) is 14.6. The Balaban J connectivity index is 2.50. The minimum Gasteiger partial charge on any atom is -0.387 e. The van der Waals surface area contributed by atoms with Crippen LogP contribution in [0.4, 0.5) is 0 Å². The Bertz CT molecular complexity index is 348. The van der Waals surface area contributed by atoms with Gasteiger partial charge in [0.25, 0.3) is 0 Å². The van der Waals surface area contributed by atoms with Gasteiger partial charge in [-0.2, -0.15) is 0 Å². The van der Waals surface area contributed by atoms with Crippen LogP contribution in [0.3, 0.4) is 0 Å². The number of hydrogen-bond acceptors (Lipinski definition) is 3. The molecule has 3 nitrogen and oxygen atoms in total. The summed E-state index contributed by atoms with van der Waals surface area (Å²) in [5.41, 5.74) is 2.26. The van der Waals surface area contributed by atoms with E-state index >= 15 is 0 Å². The molecule has 2 N–H and O–H groups in total. The number of benzene rings is 1. The summed E-state index contributed by atoms with van der Waals surface area (Å²) in [6, 6.07) is 8.51. The maximum atomic E-state index is 10.2. The molecule has 0 spiro atoms. The smallest absolute Gasteiger partial charge is 0.0914 e. The molecule has 0 radical (unpaired) electrons. The number of nitrogens with one attached hydrogen (secondary N) is 1. The maximum absolute atomic E-state index is 10.2. The number of ether oxygens (including phenoxy) is 1. The van der Waals surface area contributed by atoms with Crippen LogP contribution in [0.25, 0.3) is 0 Å². The number of aliphatic hydroxyl groups is 1. The van der Waals surface area contributed by atoms with Crippen LogP contribution in [0, 0.1) is 0 Å². The molecular formula is C16H27NO2. The third-order valence-electron chi connectivity index (χ3n) is 3.45. The molecular weight excluding hydrogens is 238 g/mol. The quantitative estimate of drug-likeness (QED) is 0.759. The van der Waals surface area contributed by atoms with Gasteiger partial charge in [-0.3, -0.25) is 0 Å². The van der Waals surface area contributed by atoms with E-state index in [1.807, 2.05) is 12.1 Å². The molecule has 0 heterocycles. The Hall–Kier alpha value is -0.900. The Morgan fingerprint density at radius 2 is 1.74 bits per heavy atom. The van der Waals surface area contributed by atoms with Crippen molar-refractivity contribution in [3.63, 3.8) is 0 Å². The van der Waals surface area contributed by atoms with Crippen molar-refractivity contribution in [1.82, 2.24) is 5.32 Å². The van der Waals surface area contributed by atoms with Crippen molar-refractivity contribution in [2.24, 2.45) is 0 Å². The molecule has 0 aromatic heterocycles. The predicted octanol–water partition coefficient (Wildman–Crippen LogP) is 2.86. The summed E-state index contributed by atoms with van der Waals surface area (Å²) in [4.78, 5) is 0. The zero-order valence-electron chi connectivity index (χ0n) is 12.5. The molecule has 0 aliphatic heterocycles. The highest BCUT2D eigenvalue weighted by atomic mass is 16.5. The predicted molar refractivity (Wildman–Crippen MR) is 79.4 cm³/mol. The maximum Gasteiger partial charge on any atom is 0.0914 e. The number of aliphatic hydroxyl groups excluding tert-OH is 1.